The standard InChI is InChI=1S/C29H25BrClN5O2S/c30-25-19-32-36-28(18-27(34-29(25)36)24-8-4-5-9-26(24)31)33-22-14-16-35(17-15-22)39(37,38)23-12-10-21(11-13-23)20-6-2-1-3-7-20/h1-13,18-19,22,33H,14-17H2. The van der Waals surface area contributed by atoms with Crippen molar-refractivity contribution in [1.82, 2.24) is 18.9 Å². The third-order valence-electron chi connectivity index (χ3n) is 6.98. The van der Waals surface area contributed by atoms with Gasteiger partial charge in [0.05, 0.1) is 21.3 Å². The van der Waals surface area contributed by atoms with Gasteiger partial charge >= 0.3 is 0 Å². The molecule has 39 heavy (non-hydrogen) atoms. The Morgan fingerprint density at radius 2 is 1.56 bits per heavy atom. The van der Waals surface area contributed by atoms with Crippen LogP contribution >= 0.6 is 27.5 Å². The Morgan fingerprint density at radius 1 is 0.897 bits per heavy atom. The number of hydrogen-bond acceptors (Lipinski definition) is 5. The number of piperidine rings is 1. The molecule has 3 heterocycles. The van der Waals surface area contributed by atoms with E-state index in [1.807, 2.05) is 72.8 Å². The van der Waals surface area contributed by atoms with E-state index in [2.05, 4.69) is 26.3 Å². The smallest absolute Gasteiger partial charge is 0.243 e. The average molecular weight is 623 g/mol. The van der Waals surface area contributed by atoms with E-state index < -0.39 is 10.0 Å². The first kappa shape index (κ1) is 26.0. The molecule has 3 aromatic carbocycles. The summed E-state index contributed by atoms with van der Waals surface area (Å²) in [5.41, 5.74) is 4.28. The largest absolute Gasteiger partial charge is 0.367 e. The number of fused-ring (bicyclic) bond motifs is 1. The third-order valence-corrected chi connectivity index (χ3v) is 9.79. The summed E-state index contributed by atoms with van der Waals surface area (Å²) in [6.45, 7) is 0.851. The van der Waals surface area contributed by atoms with Crippen molar-refractivity contribution in [3.8, 4) is 22.4 Å². The van der Waals surface area contributed by atoms with Crippen molar-refractivity contribution in [2.24, 2.45) is 0 Å². The highest BCUT2D eigenvalue weighted by atomic mass is 79.9. The van der Waals surface area contributed by atoms with Crippen molar-refractivity contribution in [1.29, 1.82) is 0 Å². The van der Waals surface area contributed by atoms with Gasteiger partial charge in [-0.15, -0.1) is 0 Å². The maximum absolute atomic E-state index is 13.4. The van der Waals surface area contributed by atoms with Gasteiger partial charge in [-0.1, -0.05) is 72.3 Å². The predicted octanol–water partition coefficient (Wildman–Crippen LogP) is 6.74. The SMILES string of the molecule is O=S(=O)(c1ccc(-c2ccccc2)cc1)N1CCC(Nc2cc(-c3ccccc3Cl)nc3c(Br)cnn23)CC1. The van der Waals surface area contributed by atoms with Crippen LogP contribution in [0.5, 0.6) is 0 Å². The van der Waals surface area contributed by atoms with E-state index in [0.29, 0.717) is 41.5 Å². The van der Waals surface area contributed by atoms with Crippen LogP contribution in [0.15, 0.2) is 100 Å². The van der Waals surface area contributed by atoms with Crippen molar-refractivity contribution in [3.63, 3.8) is 0 Å². The molecule has 198 valence electrons. The molecule has 6 rings (SSSR count). The molecule has 0 radical (unpaired) electrons. The van der Waals surface area contributed by atoms with Crippen LogP contribution in [-0.2, 0) is 10.0 Å². The normalized spacial score (nSPS) is 15.0. The Morgan fingerprint density at radius 3 is 2.28 bits per heavy atom. The minimum Gasteiger partial charge on any atom is -0.367 e. The van der Waals surface area contributed by atoms with Gasteiger partial charge in [0.2, 0.25) is 10.0 Å². The number of nitrogens with zero attached hydrogens (tertiary/aromatic N) is 4. The van der Waals surface area contributed by atoms with Gasteiger partial charge in [-0.3, -0.25) is 0 Å². The summed E-state index contributed by atoms with van der Waals surface area (Å²) in [6.07, 6.45) is 3.03. The molecule has 0 atom stereocenters. The zero-order valence-corrected chi connectivity index (χ0v) is 24.0. The summed E-state index contributed by atoms with van der Waals surface area (Å²) in [6, 6.07) is 26.6. The average Bonchev–Trinajstić information content (AvgIpc) is 3.35. The van der Waals surface area contributed by atoms with Crippen LogP contribution in [0.25, 0.3) is 28.0 Å². The van der Waals surface area contributed by atoms with Crippen LogP contribution in [0.4, 0.5) is 5.82 Å². The summed E-state index contributed by atoms with van der Waals surface area (Å²) in [4.78, 5) is 5.08. The highest BCUT2D eigenvalue weighted by molar-refractivity contribution is 9.10. The summed E-state index contributed by atoms with van der Waals surface area (Å²) >= 11 is 10.0. The Balaban J connectivity index is 1.18. The lowest BCUT2D eigenvalue weighted by Crippen LogP contribution is -2.42. The number of sulfonamides is 1. The van der Waals surface area contributed by atoms with Gasteiger partial charge in [0.25, 0.3) is 0 Å². The molecule has 0 bridgehead atoms. The molecule has 7 nitrogen and oxygen atoms in total. The quantitative estimate of drug-likeness (QED) is 0.227. The molecule has 1 N–H and O–H groups in total. The molecule has 2 aromatic heterocycles. The van der Waals surface area contributed by atoms with E-state index in [4.69, 9.17) is 16.6 Å². The minimum absolute atomic E-state index is 0.0737. The number of aromatic nitrogens is 3. The molecule has 10 heteroatoms. The van der Waals surface area contributed by atoms with Crippen LogP contribution in [0.1, 0.15) is 12.8 Å². The number of anilines is 1. The van der Waals surface area contributed by atoms with Crippen molar-refractivity contribution in [3.05, 3.63) is 101 Å². The molecular weight excluding hydrogens is 598 g/mol. The fourth-order valence-electron chi connectivity index (χ4n) is 4.89. The van der Waals surface area contributed by atoms with E-state index in [9.17, 15) is 8.42 Å². The topological polar surface area (TPSA) is 79.6 Å². The first-order valence-corrected chi connectivity index (χ1v) is 15.2. The second-order valence-corrected chi connectivity index (χ2v) is 12.6. The summed E-state index contributed by atoms with van der Waals surface area (Å²) < 4.78 is 30.9. The molecule has 1 saturated heterocycles. The lowest BCUT2D eigenvalue weighted by molar-refractivity contribution is 0.329. The first-order valence-electron chi connectivity index (χ1n) is 12.6. The molecule has 1 aliphatic rings. The van der Waals surface area contributed by atoms with E-state index in [1.54, 1.807) is 27.2 Å². The van der Waals surface area contributed by atoms with Gasteiger partial charge in [0, 0.05) is 35.8 Å². The highest BCUT2D eigenvalue weighted by Gasteiger charge is 2.30. The van der Waals surface area contributed by atoms with Crippen LogP contribution in [0, 0.1) is 0 Å². The molecule has 0 amide bonds. The summed E-state index contributed by atoms with van der Waals surface area (Å²) in [7, 11) is -3.58. The lowest BCUT2D eigenvalue weighted by Gasteiger charge is -2.32. The van der Waals surface area contributed by atoms with E-state index >= 15 is 0 Å². The zero-order valence-electron chi connectivity index (χ0n) is 20.8. The van der Waals surface area contributed by atoms with Crippen LogP contribution in [0.2, 0.25) is 5.02 Å². The number of rotatable bonds is 6. The Bertz CT molecular complexity index is 1740. The molecule has 0 aliphatic carbocycles. The second-order valence-electron chi connectivity index (χ2n) is 9.45. The van der Waals surface area contributed by atoms with Gasteiger partial charge in [-0.2, -0.15) is 13.9 Å². The molecule has 1 aliphatic heterocycles. The summed E-state index contributed by atoms with van der Waals surface area (Å²) in [5.74, 6) is 0.776. The van der Waals surface area contributed by atoms with Gasteiger partial charge in [0.1, 0.15) is 5.82 Å². The van der Waals surface area contributed by atoms with Gasteiger partial charge in [-0.25, -0.2) is 13.4 Å². The van der Waals surface area contributed by atoms with Gasteiger partial charge in [-0.05, 0) is 58.1 Å². The van der Waals surface area contributed by atoms with E-state index in [0.717, 1.165) is 32.7 Å². The van der Waals surface area contributed by atoms with Crippen molar-refractivity contribution in [2.75, 3.05) is 18.4 Å². The van der Waals surface area contributed by atoms with Crippen LogP contribution < -0.4 is 5.32 Å². The molecule has 5 aromatic rings. The summed E-state index contributed by atoms with van der Waals surface area (Å²) in [5, 5.41) is 8.67. The number of benzene rings is 3. The van der Waals surface area contributed by atoms with Gasteiger partial charge in [0.15, 0.2) is 5.65 Å². The lowest BCUT2D eigenvalue weighted by atomic mass is 10.1. The first-order chi connectivity index (χ1) is 18.9. The van der Waals surface area contributed by atoms with Crippen molar-refractivity contribution < 1.29 is 8.42 Å². The number of nitrogens with one attached hydrogen (secondary N) is 1. The molecule has 0 unspecified atom stereocenters. The number of halogens is 2. The Hall–Kier alpha value is -3.24. The van der Waals surface area contributed by atoms with Crippen molar-refractivity contribution in [2.45, 2.75) is 23.8 Å². The van der Waals surface area contributed by atoms with E-state index in [1.165, 1.54) is 0 Å². The van der Waals surface area contributed by atoms with Gasteiger partial charge < -0.3 is 5.32 Å². The second kappa shape index (κ2) is 10.7. The van der Waals surface area contributed by atoms with Crippen molar-refractivity contribution >= 4 is 49.0 Å². The van der Waals surface area contributed by atoms with Crippen LogP contribution in [-0.4, -0.2) is 46.5 Å². The Labute approximate surface area is 240 Å². The molecule has 0 spiro atoms. The molecule has 0 saturated carbocycles. The maximum atomic E-state index is 13.4. The highest BCUT2D eigenvalue weighted by Crippen LogP contribution is 2.31. The fourth-order valence-corrected chi connectivity index (χ4v) is 6.94. The predicted molar refractivity (Wildman–Crippen MR) is 158 cm³/mol. The third kappa shape index (κ3) is 5.19. The van der Waals surface area contributed by atoms with E-state index in [-0.39, 0.29) is 6.04 Å². The maximum Gasteiger partial charge on any atom is 0.243 e. The number of hydrogen-bond donors (Lipinski definition) is 1. The van der Waals surface area contributed by atoms with Crippen LogP contribution in [0.3, 0.4) is 0 Å². The Kier molecular flexibility index (Phi) is 7.16. The fraction of sp³-hybridized carbons (Fsp3) is 0.172. The molecule has 1 fully saturated rings. The minimum atomic E-state index is -3.58. The zero-order chi connectivity index (χ0) is 27.0. The monoisotopic (exact) mass is 621 g/mol. The molecular formula is C29H25BrClN5O2S.